The highest BCUT2D eigenvalue weighted by atomic mass is 35.5. The lowest BCUT2D eigenvalue weighted by Gasteiger charge is -2.14. The molecule has 0 fully saturated rings. The number of rotatable bonds is 4. The highest BCUT2D eigenvalue weighted by Crippen LogP contribution is 2.37. The standard InChI is InChI=1S/C19H21ClN2O3/c1-12-4-5-15(13(2)8-12)22-19(23)11-21-16-10-18-17(9-14(16)20)24-6-3-7-25-18/h4-5,8-10,21H,3,6-7,11H2,1-2H3,(H,22,23). The van der Waals surface area contributed by atoms with Gasteiger partial charge in [0.05, 0.1) is 30.5 Å². The smallest absolute Gasteiger partial charge is 0.243 e. The molecule has 25 heavy (non-hydrogen) atoms. The van der Waals surface area contributed by atoms with E-state index >= 15 is 0 Å². The number of carbonyl (C=O) groups is 1. The van der Waals surface area contributed by atoms with E-state index in [9.17, 15) is 4.79 Å². The Balaban J connectivity index is 1.64. The van der Waals surface area contributed by atoms with Gasteiger partial charge in [-0.2, -0.15) is 0 Å². The van der Waals surface area contributed by atoms with Crippen molar-refractivity contribution in [2.75, 3.05) is 30.4 Å². The minimum atomic E-state index is -0.143. The number of amides is 1. The minimum absolute atomic E-state index is 0.104. The van der Waals surface area contributed by atoms with Gasteiger partial charge in [-0.3, -0.25) is 4.79 Å². The summed E-state index contributed by atoms with van der Waals surface area (Å²) in [5, 5.41) is 6.44. The third-order valence-corrected chi connectivity index (χ3v) is 4.25. The summed E-state index contributed by atoms with van der Waals surface area (Å²) in [6, 6.07) is 9.39. The molecule has 1 aliphatic heterocycles. The van der Waals surface area contributed by atoms with Crippen molar-refractivity contribution < 1.29 is 14.3 Å². The molecule has 1 heterocycles. The molecule has 0 spiro atoms. The number of anilines is 2. The van der Waals surface area contributed by atoms with Gasteiger partial charge in [-0.05, 0) is 25.5 Å². The van der Waals surface area contributed by atoms with Gasteiger partial charge in [0.1, 0.15) is 0 Å². The topological polar surface area (TPSA) is 59.6 Å². The first-order chi connectivity index (χ1) is 12.0. The summed E-state index contributed by atoms with van der Waals surface area (Å²) in [7, 11) is 0. The number of ether oxygens (including phenoxy) is 2. The summed E-state index contributed by atoms with van der Waals surface area (Å²) in [5.74, 6) is 1.13. The molecule has 5 nitrogen and oxygen atoms in total. The highest BCUT2D eigenvalue weighted by Gasteiger charge is 2.15. The number of aryl methyl sites for hydroxylation is 2. The van der Waals surface area contributed by atoms with Crippen LogP contribution in [0.25, 0.3) is 0 Å². The molecule has 2 N–H and O–H groups in total. The van der Waals surface area contributed by atoms with Crippen LogP contribution >= 0.6 is 11.6 Å². The van der Waals surface area contributed by atoms with E-state index in [0.29, 0.717) is 35.4 Å². The van der Waals surface area contributed by atoms with Crippen molar-refractivity contribution in [3.63, 3.8) is 0 Å². The van der Waals surface area contributed by atoms with Crippen LogP contribution in [0.2, 0.25) is 5.02 Å². The molecule has 2 aromatic carbocycles. The van der Waals surface area contributed by atoms with Crippen molar-refractivity contribution in [3.8, 4) is 11.5 Å². The van der Waals surface area contributed by atoms with Crippen LogP contribution in [-0.2, 0) is 4.79 Å². The molecule has 0 radical (unpaired) electrons. The third-order valence-electron chi connectivity index (χ3n) is 3.93. The first-order valence-electron chi connectivity index (χ1n) is 8.23. The number of nitrogens with one attached hydrogen (secondary N) is 2. The number of carbonyl (C=O) groups excluding carboxylic acids is 1. The van der Waals surface area contributed by atoms with Gasteiger partial charge < -0.3 is 20.1 Å². The van der Waals surface area contributed by atoms with Gasteiger partial charge in [0, 0.05) is 24.2 Å². The molecule has 0 aromatic heterocycles. The number of hydrogen-bond donors (Lipinski definition) is 2. The fourth-order valence-electron chi connectivity index (χ4n) is 2.64. The highest BCUT2D eigenvalue weighted by molar-refractivity contribution is 6.33. The second kappa shape index (κ2) is 7.66. The second-order valence-electron chi connectivity index (χ2n) is 6.05. The van der Waals surface area contributed by atoms with Crippen molar-refractivity contribution in [3.05, 3.63) is 46.5 Å². The van der Waals surface area contributed by atoms with Gasteiger partial charge >= 0.3 is 0 Å². The normalized spacial score (nSPS) is 13.1. The number of hydrogen-bond acceptors (Lipinski definition) is 4. The molecule has 0 aliphatic carbocycles. The Bertz CT molecular complexity index is 792. The predicted octanol–water partition coefficient (Wildman–Crippen LogP) is 4.17. The zero-order valence-electron chi connectivity index (χ0n) is 14.3. The van der Waals surface area contributed by atoms with Gasteiger partial charge in [0.2, 0.25) is 5.91 Å². The van der Waals surface area contributed by atoms with Crippen molar-refractivity contribution in [2.45, 2.75) is 20.3 Å². The fraction of sp³-hybridized carbons (Fsp3) is 0.316. The van der Waals surface area contributed by atoms with Crippen LogP contribution in [0.3, 0.4) is 0 Å². The zero-order valence-corrected chi connectivity index (χ0v) is 15.1. The summed E-state index contributed by atoms with van der Waals surface area (Å²) in [4.78, 5) is 12.2. The Morgan fingerprint density at radius 3 is 2.52 bits per heavy atom. The SMILES string of the molecule is Cc1ccc(NC(=O)CNc2cc3c(cc2Cl)OCCCO3)c(C)c1. The van der Waals surface area contributed by atoms with Crippen molar-refractivity contribution >= 4 is 28.9 Å². The zero-order chi connectivity index (χ0) is 17.8. The first kappa shape index (κ1) is 17.4. The summed E-state index contributed by atoms with van der Waals surface area (Å²) in [6.07, 6.45) is 0.827. The van der Waals surface area contributed by atoms with Crippen LogP contribution < -0.4 is 20.1 Å². The van der Waals surface area contributed by atoms with Crippen LogP contribution in [0.5, 0.6) is 11.5 Å². The maximum atomic E-state index is 12.2. The number of fused-ring (bicyclic) bond motifs is 1. The molecule has 2 aromatic rings. The van der Waals surface area contributed by atoms with E-state index in [1.54, 1.807) is 12.1 Å². The van der Waals surface area contributed by atoms with E-state index in [2.05, 4.69) is 10.6 Å². The summed E-state index contributed by atoms with van der Waals surface area (Å²) < 4.78 is 11.2. The lowest BCUT2D eigenvalue weighted by molar-refractivity contribution is -0.114. The Kier molecular flexibility index (Phi) is 5.34. The molecule has 1 amide bonds. The van der Waals surface area contributed by atoms with Gasteiger partial charge in [-0.1, -0.05) is 29.3 Å². The molecule has 0 unspecified atom stereocenters. The van der Waals surface area contributed by atoms with E-state index in [4.69, 9.17) is 21.1 Å². The minimum Gasteiger partial charge on any atom is -0.490 e. The maximum absolute atomic E-state index is 12.2. The summed E-state index contributed by atoms with van der Waals surface area (Å²) >= 11 is 6.27. The van der Waals surface area contributed by atoms with Crippen LogP contribution in [0.4, 0.5) is 11.4 Å². The van der Waals surface area contributed by atoms with E-state index in [1.165, 1.54) is 0 Å². The molecule has 0 atom stereocenters. The average Bonchev–Trinajstić information content (AvgIpc) is 2.80. The molecule has 3 rings (SSSR count). The largest absolute Gasteiger partial charge is 0.490 e. The number of benzene rings is 2. The molecule has 0 bridgehead atoms. The van der Waals surface area contributed by atoms with Gasteiger partial charge in [0.15, 0.2) is 11.5 Å². The van der Waals surface area contributed by atoms with Crippen molar-refractivity contribution in [1.82, 2.24) is 0 Å². The third kappa shape index (κ3) is 4.37. The monoisotopic (exact) mass is 360 g/mol. The second-order valence-corrected chi connectivity index (χ2v) is 6.46. The fourth-order valence-corrected chi connectivity index (χ4v) is 2.86. The Morgan fingerprint density at radius 2 is 1.80 bits per heavy atom. The molecule has 0 saturated carbocycles. The molecule has 0 saturated heterocycles. The number of halogens is 1. The van der Waals surface area contributed by atoms with E-state index in [-0.39, 0.29) is 12.5 Å². The molecule has 132 valence electrons. The summed E-state index contributed by atoms with van der Waals surface area (Å²) in [5.41, 5.74) is 3.64. The maximum Gasteiger partial charge on any atom is 0.243 e. The average molecular weight is 361 g/mol. The van der Waals surface area contributed by atoms with E-state index in [1.807, 2.05) is 32.0 Å². The van der Waals surface area contributed by atoms with Crippen molar-refractivity contribution in [1.29, 1.82) is 0 Å². The van der Waals surface area contributed by atoms with Gasteiger partial charge in [0.25, 0.3) is 0 Å². The van der Waals surface area contributed by atoms with Gasteiger partial charge in [-0.25, -0.2) is 0 Å². The van der Waals surface area contributed by atoms with E-state index in [0.717, 1.165) is 23.2 Å². The van der Waals surface area contributed by atoms with Crippen LogP contribution in [0, 0.1) is 13.8 Å². The quantitative estimate of drug-likeness (QED) is 0.859. The van der Waals surface area contributed by atoms with Crippen LogP contribution in [0.15, 0.2) is 30.3 Å². The van der Waals surface area contributed by atoms with Crippen LogP contribution in [0.1, 0.15) is 17.5 Å². The molecule has 6 heteroatoms. The van der Waals surface area contributed by atoms with E-state index < -0.39 is 0 Å². The predicted molar refractivity (Wildman–Crippen MR) is 100 cm³/mol. The molecule has 1 aliphatic rings. The van der Waals surface area contributed by atoms with Gasteiger partial charge in [-0.15, -0.1) is 0 Å². The van der Waals surface area contributed by atoms with Crippen LogP contribution in [-0.4, -0.2) is 25.7 Å². The van der Waals surface area contributed by atoms with Crippen molar-refractivity contribution in [2.24, 2.45) is 0 Å². The summed E-state index contributed by atoms with van der Waals surface area (Å²) in [6.45, 7) is 5.30. The first-order valence-corrected chi connectivity index (χ1v) is 8.61. The molecular weight excluding hydrogens is 340 g/mol. The Hall–Kier alpha value is -2.40. The lowest BCUT2D eigenvalue weighted by Crippen LogP contribution is -2.22. The lowest BCUT2D eigenvalue weighted by atomic mass is 10.1. The Morgan fingerprint density at radius 1 is 1.08 bits per heavy atom. The Labute approximate surface area is 152 Å². The molecular formula is C19H21ClN2O3.